The van der Waals surface area contributed by atoms with Gasteiger partial charge in [-0.25, -0.2) is 14.4 Å². The number of thioether (sulfide) groups is 1. The Bertz CT molecular complexity index is 875. The van der Waals surface area contributed by atoms with E-state index in [9.17, 15) is 60.3 Å². The van der Waals surface area contributed by atoms with Crippen molar-refractivity contribution in [1.29, 1.82) is 0 Å². The van der Waals surface area contributed by atoms with E-state index in [0.29, 0.717) is 11.8 Å². The quantitative estimate of drug-likeness (QED) is 0.129. The zero-order valence-corrected chi connectivity index (χ0v) is 20.1. The number of aliphatic hydroxyl groups is 7. The fourth-order valence-electron chi connectivity index (χ4n) is 4.16. The Balaban J connectivity index is 1.81. The molecule has 3 aliphatic rings. The minimum atomic E-state index is -2.16. The van der Waals surface area contributed by atoms with Crippen LogP contribution in [0.1, 0.15) is 0 Å². The first-order valence-corrected chi connectivity index (χ1v) is 11.9. The van der Waals surface area contributed by atoms with E-state index in [1.807, 2.05) is 0 Å². The van der Waals surface area contributed by atoms with Gasteiger partial charge >= 0.3 is 17.9 Å². The first kappa shape index (κ1) is 30.8. The van der Waals surface area contributed by atoms with Gasteiger partial charge in [0.1, 0.15) is 48.2 Å². The van der Waals surface area contributed by atoms with Crippen LogP contribution in [-0.2, 0) is 38.1 Å². The van der Waals surface area contributed by atoms with Gasteiger partial charge in [-0.3, -0.25) is 0 Å². The summed E-state index contributed by atoms with van der Waals surface area (Å²) in [5.41, 5.74) is -1.75. The molecule has 0 spiro atoms. The lowest BCUT2D eigenvalue weighted by molar-refractivity contribution is -0.329. The third-order valence-corrected chi connectivity index (χ3v) is 7.70. The molecule has 3 aliphatic heterocycles. The van der Waals surface area contributed by atoms with Crippen LogP contribution in [0.2, 0.25) is 0 Å². The summed E-state index contributed by atoms with van der Waals surface area (Å²) in [5.74, 6) is -5.15. The van der Waals surface area contributed by atoms with Crippen molar-refractivity contribution < 1.29 is 89.1 Å². The Morgan fingerprint density at radius 1 is 0.605 bits per heavy atom. The number of rotatable bonds is 8. The second-order valence-electron chi connectivity index (χ2n) is 8.66. The Morgan fingerprint density at radius 2 is 1.13 bits per heavy atom. The van der Waals surface area contributed by atoms with Gasteiger partial charge in [0.15, 0.2) is 30.9 Å². The summed E-state index contributed by atoms with van der Waals surface area (Å²) in [5, 5.41) is 98.5. The zero-order valence-electron chi connectivity index (χ0n) is 19.3. The summed E-state index contributed by atoms with van der Waals surface area (Å²) in [6.45, 7) is 0. The lowest BCUT2D eigenvalue weighted by Gasteiger charge is -2.46. The number of carboxylic acids is 3. The second kappa shape index (κ2) is 12.2. The molecule has 0 saturated carbocycles. The predicted octanol–water partition coefficient (Wildman–Crippen LogP) is -5.93. The first-order chi connectivity index (χ1) is 17.7. The van der Waals surface area contributed by atoms with Crippen molar-refractivity contribution in [2.24, 2.45) is 0 Å². The Kier molecular flexibility index (Phi) is 9.90. The molecule has 19 heteroatoms. The first-order valence-electron chi connectivity index (χ1n) is 11.0. The van der Waals surface area contributed by atoms with Gasteiger partial charge in [-0.15, -0.1) is 11.8 Å². The van der Waals surface area contributed by atoms with E-state index in [1.165, 1.54) is 0 Å². The van der Waals surface area contributed by atoms with E-state index in [2.05, 4.69) is 0 Å². The maximum absolute atomic E-state index is 11.9. The van der Waals surface area contributed by atoms with Gasteiger partial charge in [0, 0.05) is 7.11 Å². The number of carbonyl (C=O) groups is 3. The third kappa shape index (κ3) is 5.89. The van der Waals surface area contributed by atoms with E-state index in [1.54, 1.807) is 0 Å². The topological polar surface area (TPSA) is 300 Å². The van der Waals surface area contributed by atoms with Crippen molar-refractivity contribution in [3.8, 4) is 0 Å². The fraction of sp³-hybridized carbons (Fsp3) is 0.842. The van der Waals surface area contributed by atoms with E-state index in [4.69, 9.17) is 28.8 Å². The summed E-state index contributed by atoms with van der Waals surface area (Å²) in [7, 11) is 1.08. The van der Waals surface area contributed by atoms with Crippen molar-refractivity contribution >= 4 is 29.7 Å². The molecule has 0 aromatic heterocycles. The number of aliphatic carboxylic acids is 3. The van der Waals surface area contributed by atoms with Gasteiger partial charge in [-0.2, -0.15) is 0 Å². The number of hydrogen-bond donors (Lipinski definition) is 10. The second-order valence-corrected chi connectivity index (χ2v) is 9.94. The molecular weight excluding hydrogens is 548 g/mol. The Labute approximate surface area is 216 Å². The molecule has 0 unspecified atom stereocenters. The number of carboxylic acid groups (broad SMARTS) is 3. The minimum Gasteiger partial charge on any atom is -0.479 e. The number of methoxy groups -OCH3 is 1. The number of aliphatic hydroxyl groups excluding tert-OH is 7. The molecule has 3 fully saturated rings. The highest BCUT2D eigenvalue weighted by atomic mass is 32.2. The van der Waals surface area contributed by atoms with Gasteiger partial charge in [0.2, 0.25) is 0 Å². The molecule has 3 heterocycles. The maximum Gasteiger partial charge on any atom is 0.335 e. The van der Waals surface area contributed by atoms with Crippen molar-refractivity contribution in [3.63, 3.8) is 0 Å². The van der Waals surface area contributed by atoms with E-state index in [-0.39, 0.29) is 0 Å². The Hall–Kier alpha value is -1.72. The molecule has 0 bridgehead atoms. The maximum atomic E-state index is 11.9. The van der Waals surface area contributed by atoms with Crippen LogP contribution in [0.3, 0.4) is 0 Å². The van der Waals surface area contributed by atoms with Gasteiger partial charge < -0.3 is 74.7 Å². The van der Waals surface area contributed by atoms with Crippen LogP contribution in [-0.4, -0.2) is 166 Å². The fourth-order valence-corrected chi connectivity index (χ4v) is 5.62. The van der Waals surface area contributed by atoms with Crippen LogP contribution < -0.4 is 0 Å². The minimum absolute atomic E-state index is 0.335. The standard InChI is InChI=1S/C19H28O18S/c1-33-17-7(25)5(23)13(12(36-17)16(31)32)38-19-8(26)4(22)9(11(37-19)15(29)30)34-18-6(24)2(20)3(21)10(35-18)14(27)28/h2-13,17-26H,1H3,(H,27,28)(H,29,30)(H,31,32)/t2-,3+,4+,5+,6+,7+,8+,9+,10-,11-,12-,13+,17-,18-,19+/m0/s1. The molecule has 218 valence electrons. The molecule has 15 atom stereocenters. The number of hydrogen-bond acceptors (Lipinski definition) is 16. The van der Waals surface area contributed by atoms with E-state index < -0.39 is 108 Å². The third-order valence-electron chi connectivity index (χ3n) is 6.20. The van der Waals surface area contributed by atoms with Crippen molar-refractivity contribution in [2.75, 3.05) is 7.11 Å². The molecule has 3 rings (SSSR count). The zero-order chi connectivity index (χ0) is 28.6. The van der Waals surface area contributed by atoms with E-state index in [0.717, 1.165) is 7.11 Å². The van der Waals surface area contributed by atoms with Crippen LogP contribution in [0, 0.1) is 0 Å². The summed E-state index contributed by atoms with van der Waals surface area (Å²) in [4.78, 5) is 34.9. The highest BCUT2D eigenvalue weighted by molar-refractivity contribution is 8.00. The van der Waals surface area contributed by atoms with Gasteiger partial charge in [0.05, 0.1) is 11.4 Å². The highest BCUT2D eigenvalue weighted by Crippen LogP contribution is 2.39. The predicted molar refractivity (Wildman–Crippen MR) is 114 cm³/mol. The van der Waals surface area contributed by atoms with Crippen LogP contribution in [0.25, 0.3) is 0 Å². The van der Waals surface area contributed by atoms with Crippen molar-refractivity contribution in [3.05, 3.63) is 0 Å². The molecule has 18 nitrogen and oxygen atoms in total. The molecule has 3 saturated heterocycles. The summed E-state index contributed by atoms with van der Waals surface area (Å²) in [6, 6.07) is 0. The van der Waals surface area contributed by atoms with Crippen molar-refractivity contribution in [1.82, 2.24) is 0 Å². The molecular formula is C19H28O18S. The smallest absolute Gasteiger partial charge is 0.335 e. The van der Waals surface area contributed by atoms with Gasteiger partial charge in [-0.1, -0.05) is 0 Å². The molecule has 0 aliphatic carbocycles. The average Bonchev–Trinajstić information content (AvgIpc) is 2.85. The van der Waals surface area contributed by atoms with Gasteiger partial charge in [-0.05, 0) is 0 Å². The molecule has 0 aromatic rings. The SMILES string of the molecule is CO[C@H]1O[C@H](C(=O)O)[C@H](S[C@H]2O[C@H](C(=O)O)[C@H](O[C@H]3O[C@H](C(=O)O)[C@H](O)[C@H](O)[C@H]3O)[C@H](O)[C@H]2O)[C@H](O)[C@H]1O. The lowest BCUT2D eigenvalue weighted by atomic mass is 9.97. The van der Waals surface area contributed by atoms with Crippen LogP contribution in [0.5, 0.6) is 0 Å². The lowest BCUT2D eigenvalue weighted by Crippen LogP contribution is -2.66. The molecule has 10 N–H and O–H groups in total. The number of ether oxygens (including phenoxy) is 5. The highest BCUT2D eigenvalue weighted by Gasteiger charge is 2.56. The Morgan fingerprint density at radius 3 is 1.66 bits per heavy atom. The van der Waals surface area contributed by atoms with E-state index >= 15 is 0 Å². The summed E-state index contributed by atoms with van der Waals surface area (Å²) < 4.78 is 25.3. The van der Waals surface area contributed by atoms with Crippen LogP contribution in [0.15, 0.2) is 0 Å². The average molecular weight is 576 g/mol. The monoisotopic (exact) mass is 576 g/mol. The van der Waals surface area contributed by atoms with Crippen molar-refractivity contribution in [2.45, 2.75) is 90.4 Å². The molecule has 0 amide bonds. The summed E-state index contributed by atoms with van der Waals surface area (Å²) >= 11 is 0.335. The molecule has 0 radical (unpaired) electrons. The molecule has 0 aromatic carbocycles. The summed E-state index contributed by atoms with van der Waals surface area (Å²) in [6.07, 6.45) is -25.9. The molecule has 38 heavy (non-hydrogen) atoms. The largest absolute Gasteiger partial charge is 0.479 e. The normalized spacial score (nSPS) is 47.8. The van der Waals surface area contributed by atoms with Crippen LogP contribution in [0.4, 0.5) is 0 Å². The van der Waals surface area contributed by atoms with Crippen LogP contribution >= 0.6 is 11.8 Å². The van der Waals surface area contributed by atoms with Gasteiger partial charge in [0.25, 0.3) is 0 Å².